The van der Waals surface area contributed by atoms with Gasteiger partial charge in [-0.3, -0.25) is 4.79 Å². The third kappa shape index (κ3) is 3.84. The van der Waals surface area contributed by atoms with Gasteiger partial charge in [0, 0.05) is 16.9 Å². The first-order chi connectivity index (χ1) is 13.6. The van der Waals surface area contributed by atoms with E-state index >= 15 is 0 Å². The van der Waals surface area contributed by atoms with E-state index in [1.807, 2.05) is 43.3 Å². The van der Waals surface area contributed by atoms with E-state index in [1.54, 1.807) is 22.8 Å². The molecule has 0 unspecified atom stereocenters. The van der Waals surface area contributed by atoms with Gasteiger partial charge < -0.3 is 10.4 Å². The van der Waals surface area contributed by atoms with Crippen LogP contribution < -0.4 is 5.32 Å². The summed E-state index contributed by atoms with van der Waals surface area (Å²) < 4.78 is 1.77. The Kier molecular flexibility index (Phi) is 4.99. The fraction of sp³-hybridized carbons (Fsp3) is 0.0952. The molecule has 6 nitrogen and oxygen atoms in total. The van der Waals surface area contributed by atoms with Crippen LogP contribution in [0.4, 0.5) is 5.69 Å². The first kappa shape index (κ1) is 18.1. The number of benzene rings is 2. The molecule has 28 heavy (non-hydrogen) atoms. The monoisotopic (exact) mass is 390 g/mol. The van der Waals surface area contributed by atoms with E-state index in [1.165, 1.54) is 23.9 Å². The molecular formula is C21H18N4O2S. The largest absolute Gasteiger partial charge is 0.508 e. The second-order valence-electron chi connectivity index (χ2n) is 6.28. The van der Waals surface area contributed by atoms with Crippen LogP contribution in [0.2, 0.25) is 0 Å². The van der Waals surface area contributed by atoms with Crippen LogP contribution in [0.1, 0.15) is 5.69 Å². The number of thioether (sulfide) groups is 1. The highest BCUT2D eigenvalue weighted by atomic mass is 32.2. The van der Waals surface area contributed by atoms with Crippen LogP contribution in [-0.2, 0) is 4.79 Å². The van der Waals surface area contributed by atoms with Crippen LogP contribution in [0.25, 0.3) is 16.8 Å². The maximum atomic E-state index is 12.3. The highest BCUT2D eigenvalue weighted by molar-refractivity contribution is 7.99. The molecule has 2 N–H and O–H groups in total. The van der Waals surface area contributed by atoms with Gasteiger partial charge in [0.05, 0.1) is 11.9 Å². The number of aryl methyl sites for hydroxylation is 1. The van der Waals surface area contributed by atoms with E-state index in [4.69, 9.17) is 0 Å². The Morgan fingerprint density at radius 2 is 1.89 bits per heavy atom. The van der Waals surface area contributed by atoms with Gasteiger partial charge in [0.15, 0.2) is 5.65 Å². The Morgan fingerprint density at radius 1 is 1.14 bits per heavy atom. The zero-order valence-electron chi connectivity index (χ0n) is 15.2. The Labute approximate surface area is 166 Å². The first-order valence-electron chi connectivity index (χ1n) is 8.72. The van der Waals surface area contributed by atoms with Crippen molar-refractivity contribution in [2.75, 3.05) is 11.1 Å². The van der Waals surface area contributed by atoms with Gasteiger partial charge in [0.2, 0.25) is 5.91 Å². The quantitative estimate of drug-likeness (QED) is 0.304. The molecule has 0 aliphatic heterocycles. The zero-order valence-corrected chi connectivity index (χ0v) is 16.0. The minimum Gasteiger partial charge on any atom is -0.508 e. The minimum atomic E-state index is -0.131. The van der Waals surface area contributed by atoms with Crippen molar-refractivity contribution in [1.29, 1.82) is 0 Å². The molecule has 0 saturated heterocycles. The maximum absolute atomic E-state index is 12.3. The number of amides is 1. The molecule has 0 spiro atoms. The molecule has 1 amide bonds. The number of carbonyl (C=O) groups excluding carboxylic acids is 1. The number of hydrogen-bond donors (Lipinski definition) is 2. The van der Waals surface area contributed by atoms with E-state index < -0.39 is 0 Å². The number of nitrogens with zero attached hydrogens (tertiary/aromatic N) is 3. The van der Waals surface area contributed by atoms with Crippen molar-refractivity contribution >= 4 is 29.0 Å². The third-order valence-electron chi connectivity index (χ3n) is 4.15. The molecule has 0 bridgehead atoms. The molecule has 2 heterocycles. The molecule has 0 radical (unpaired) electrons. The predicted octanol–water partition coefficient (Wildman–Crippen LogP) is 4.14. The maximum Gasteiger partial charge on any atom is 0.234 e. The van der Waals surface area contributed by atoms with Crippen molar-refractivity contribution in [3.63, 3.8) is 0 Å². The summed E-state index contributed by atoms with van der Waals surface area (Å²) in [6, 6.07) is 18.3. The van der Waals surface area contributed by atoms with E-state index in [-0.39, 0.29) is 17.4 Å². The standard InChI is InChI=1S/C21H18N4O2S/c1-14-11-20(28-13-19(27)24-16-7-9-17(26)10-8-16)25-21(23-14)18(12-22-25)15-5-3-2-4-6-15/h2-12,26H,13H2,1H3,(H,24,27). The number of aromatic nitrogens is 3. The molecule has 2 aromatic carbocycles. The smallest absolute Gasteiger partial charge is 0.234 e. The topological polar surface area (TPSA) is 79.5 Å². The summed E-state index contributed by atoms with van der Waals surface area (Å²) in [4.78, 5) is 16.9. The lowest BCUT2D eigenvalue weighted by Crippen LogP contribution is -2.14. The number of hydrogen-bond acceptors (Lipinski definition) is 5. The van der Waals surface area contributed by atoms with Crippen molar-refractivity contribution in [3.05, 3.63) is 72.6 Å². The van der Waals surface area contributed by atoms with Gasteiger partial charge in [0.25, 0.3) is 0 Å². The Hall–Kier alpha value is -3.32. The van der Waals surface area contributed by atoms with Gasteiger partial charge in [-0.2, -0.15) is 5.10 Å². The third-order valence-corrected chi connectivity index (χ3v) is 5.15. The normalized spacial score (nSPS) is 10.9. The SMILES string of the molecule is Cc1cc(SCC(=O)Nc2ccc(O)cc2)n2ncc(-c3ccccc3)c2n1. The van der Waals surface area contributed by atoms with Gasteiger partial charge in [-0.05, 0) is 42.8 Å². The van der Waals surface area contributed by atoms with Crippen LogP contribution in [0.5, 0.6) is 5.75 Å². The highest BCUT2D eigenvalue weighted by Gasteiger charge is 2.13. The van der Waals surface area contributed by atoms with Crippen molar-refractivity contribution in [2.24, 2.45) is 0 Å². The van der Waals surface area contributed by atoms with Gasteiger partial charge in [-0.1, -0.05) is 42.1 Å². The Balaban J connectivity index is 1.55. The summed E-state index contributed by atoms with van der Waals surface area (Å²) >= 11 is 1.40. The van der Waals surface area contributed by atoms with Crippen molar-refractivity contribution < 1.29 is 9.90 Å². The summed E-state index contributed by atoms with van der Waals surface area (Å²) in [6.07, 6.45) is 1.80. The zero-order chi connectivity index (χ0) is 19.5. The molecule has 0 fully saturated rings. The fourth-order valence-corrected chi connectivity index (χ4v) is 3.72. The summed E-state index contributed by atoms with van der Waals surface area (Å²) in [6.45, 7) is 1.93. The van der Waals surface area contributed by atoms with Crippen LogP contribution in [-0.4, -0.2) is 31.4 Å². The number of anilines is 1. The number of nitrogens with one attached hydrogen (secondary N) is 1. The Bertz CT molecular complexity index is 1120. The molecule has 7 heteroatoms. The number of fused-ring (bicyclic) bond motifs is 1. The summed E-state index contributed by atoms with van der Waals surface area (Å²) in [5.74, 6) is 0.267. The number of phenolic OH excluding ortho intramolecular Hbond substituents is 1. The lowest BCUT2D eigenvalue weighted by atomic mass is 10.1. The second kappa shape index (κ2) is 7.74. The fourth-order valence-electron chi connectivity index (χ4n) is 2.86. The molecule has 2 aromatic heterocycles. The molecule has 0 aliphatic rings. The molecule has 4 rings (SSSR count). The number of phenols is 1. The molecule has 0 aliphatic carbocycles. The summed E-state index contributed by atoms with van der Waals surface area (Å²) in [5, 5.41) is 17.5. The van der Waals surface area contributed by atoms with Crippen LogP contribution in [0.3, 0.4) is 0 Å². The lowest BCUT2D eigenvalue weighted by molar-refractivity contribution is -0.113. The van der Waals surface area contributed by atoms with Gasteiger partial charge in [0.1, 0.15) is 10.8 Å². The van der Waals surface area contributed by atoms with E-state index in [0.717, 1.165) is 27.5 Å². The van der Waals surface area contributed by atoms with Crippen molar-refractivity contribution in [2.45, 2.75) is 11.9 Å². The van der Waals surface area contributed by atoms with Crippen LogP contribution in [0.15, 0.2) is 71.9 Å². The van der Waals surface area contributed by atoms with E-state index in [9.17, 15) is 9.90 Å². The molecule has 0 saturated carbocycles. The lowest BCUT2D eigenvalue weighted by Gasteiger charge is -2.08. The van der Waals surface area contributed by atoms with Crippen molar-refractivity contribution in [1.82, 2.24) is 14.6 Å². The molecule has 0 atom stereocenters. The number of aromatic hydroxyl groups is 1. The average Bonchev–Trinajstić information content (AvgIpc) is 3.12. The first-order valence-corrected chi connectivity index (χ1v) is 9.71. The van der Waals surface area contributed by atoms with Gasteiger partial charge in [-0.15, -0.1) is 0 Å². The molecule has 140 valence electrons. The van der Waals surface area contributed by atoms with E-state index in [0.29, 0.717) is 5.69 Å². The number of carbonyl (C=O) groups is 1. The Morgan fingerprint density at radius 3 is 2.64 bits per heavy atom. The van der Waals surface area contributed by atoms with E-state index in [2.05, 4.69) is 15.4 Å². The molecule has 4 aromatic rings. The minimum absolute atomic E-state index is 0.131. The summed E-state index contributed by atoms with van der Waals surface area (Å²) in [7, 11) is 0. The van der Waals surface area contributed by atoms with Crippen LogP contribution in [0, 0.1) is 6.92 Å². The van der Waals surface area contributed by atoms with Gasteiger partial charge >= 0.3 is 0 Å². The predicted molar refractivity (Wildman–Crippen MR) is 111 cm³/mol. The highest BCUT2D eigenvalue weighted by Crippen LogP contribution is 2.27. The summed E-state index contributed by atoms with van der Waals surface area (Å²) in [5.41, 5.74) is 4.29. The molecular weight excluding hydrogens is 372 g/mol. The van der Waals surface area contributed by atoms with Crippen molar-refractivity contribution in [3.8, 4) is 16.9 Å². The number of rotatable bonds is 5. The average molecular weight is 390 g/mol. The second-order valence-corrected chi connectivity index (χ2v) is 7.27. The van der Waals surface area contributed by atoms with Crippen LogP contribution >= 0.6 is 11.8 Å². The van der Waals surface area contributed by atoms with Gasteiger partial charge in [-0.25, -0.2) is 9.50 Å².